The molecule has 19 heavy (non-hydrogen) atoms. The van der Waals surface area contributed by atoms with Gasteiger partial charge in [0.15, 0.2) is 0 Å². The van der Waals surface area contributed by atoms with Gasteiger partial charge in [-0.1, -0.05) is 0 Å². The van der Waals surface area contributed by atoms with Gasteiger partial charge >= 0.3 is 0 Å². The number of hydrogen-bond donors (Lipinski definition) is 2. The van der Waals surface area contributed by atoms with Crippen LogP contribution < -0.4 is 10.5 Å². The number of rotatable bonds is 3. The molecule has 0 saturated carbocycles. The average Bonchev–Trinajstić information content (AvgIpc) is 2.32. The van der Waals surface area contributed by atoms with Gasteiger partial charge in [-0.15, -0.1) is 0 Å². The van der Waals surface area contributed by atoms with Gasteiger partial charge in [-0.05, 0) is 42.8 Å². The molecule has 7 heteroatoms. The molecular formula is C12H12FN3O2S. The van der Waals surface area contributed by atoms with Gasteiger partial charge in [0.1, 0.15) is 11.6 Å². The first-order valence-corrected chi connectivity index (χ1v) is 6.87. The normalized spacial score (nSPS) is 11.3. The average molecular weight is 281 g/mol. The van der Waals surface area contributed by atoms with Crippen LogP contribution in [0.2, 0.25) is 0 Å². The monoisotopic (exact) mass is 281 g/mol. The topological polar surface area (TPSA) is 85.1 Å². The predicted octanol–water partition coefficient (Wildman–Crippen LogP) is 1.91. The summed E-state index contributed by atoms with van der Waals surface area (Å²) in [5.41, 5.74) is 6.06. The Morgan fingerprint density at radius 1 is 1.26 bits per heavy atom. The standard InChI is InChI=1S/C12H12FN3O2S/c1-8-4-5-15-12(6-8)16-19(17,18)9-2-3-11(14)10(13)7-9/h2-7H,14H2,1H3,(H,15,16). The highest BCUT2D eigenvalue weighted by Crippen LogP contribution is 2.19. The first-order valence-electron chi connectivity index (χ1n) is 5.39. The minimum absolute atomic E-state index is 0.104. The van der Waals surface area contributed by atoms with Crippen LogP contribution in [0.1, 0.15) is 5.56 Å². The van der Waals surface area contributed by atoms with E-state index in [2.05, 4.69) is 9.71 Å². The first kappa shape index (κ1) is 13.3. The number of hydrogen-bond acceptors (Lipinski definition) is 4. The van der Waals surface area contributed by atoms with E-state index < -0.39 is 15.8 Å². The maximum Gasteiger partial charge on any atom is 0.263 e. The number of aryl methyl sites for hydroxylation is 1. The molecule has 2 rings (SSSR count). The lowest BCUT2D eigenvalue weighted by Crippen LogP contribution is -2.14. The third-order valence-electron chi connectivity index (χ3n) is 2.44. The van der Waals surface area contributed by atoms with E-state index in [1.54, 1.807) is 12.1 Å². The molecule has 0 aliphatic carbocycles. The molecular weight excluding hydrogens is 269 g/mol. The summed E-state index contributed by atoms with van der Waals surface area (Å²) < 4.78 is 39.6. The van der Waals surface area contributed by atoms with E-state index in [4.69, 9.17) is 5.73 Å². The van der Waals surface area contributed by atoms with Crippen molar-refractivity contribution in [2.24, 2.45) is 0 Å². The van der Waals surface area contributed by atoms with Crippen LogP contribution in [0.4, 0.5) is 15.9 Å². The van der Waals surface area contributed by atoms with Crippen LogP contribution in [-0.2, 0) is 10.0 Å². The highest BCUT2D eigenvalue weighted by Gasteiger charge is 2.16. The highest BCUT2D eigenvalue weighted by atomic mass is 32.2. The van der Waals surface area contributed by atoms with Crippen molar-refractivity contribution < 1.29 is 12.8 Å². The number of nitrogens with zero attached hydrogens (tertiary/aromatic N) is 1. The fraction of sp³-hybridized carbons (Fsp3) is 0.0833. The molecule has 0 saturated heterocycles. The van der Waals surface area contributed by atoms with E-state index in [1.165, 1.54) is 18.3 Å². The number of aromatic nitrogens is 1. The van der Waals surface area contributed by atoms with Gasteiger partial charge < -0.3 is 5.73 Å². The number of anilines is 2. The zero-order valence-corrected chi connectivity index (χ0v) is 10.9. The summed E-state index contributed by atoms with van der Waals surface area (Å²) in [4.78, 5) is 3.68. The van der Waals surface area contributed by atoms with E-state index in [9.17, 15) is 12.8 Å². The van der Waals surface area contributed by atoms with Gasteiger partial charge in [0.2, 0.25) is 0 Å². The number of benzene rings is 1. The lowest BCUT2D eigenvalue weighted by atomic mass is 10.3. The number of nitrogens with one attached hydrogen (secondary N) is 1. The van der Waals surface area contributed by atoms with Crippen LogP contribution in [0.3, 0.4) is 0 Å². The maximum absolute atomic E-state index is 13.3. The number of sulfonamides is 1. The van der Waals surface area contributed by atoms with Gasteiger partial charge in [-0.2, -0.15) is 0 Å². The molecule has 100 valence electrons. The highest BCUT2D eigenvalue weighted by molar-refractivity contribution is 7.92. The van der Waals surface area contributed by atoms with E-state index in [-0.39, 0.29) is 16.4 Å². The fourth-order valence-corrected chi connectivity index (χ4v) is 2.47. The Bertz CT molecular complexity index is 717. The Morgan fingerprint density at radius 2 is 2.00 bits per heavy atom. The molecule has 0 bridgehead atoms. The van der Waals surface area contributed by atoms with Crippen LogP contribution in [0.5, 0.6) is 0 Å². The summed E-state index contributed by atoms with van der Waals surface area (Å²) in [6.45, 7) is 1.81. The van der Waals surface area contributed by atoms with Crippen LogP contribution in [0.15, 0.2) is 41.4 Å². The lowest BCUT2D eigenvalue weighted by molar-refractivity contribution is 0.596. The molecule has 0 fully saturated rings. The Kier molecular flexibility index (Phi) is 3.39. The molecule has 0 atom stereocenters. The van der Waals surface area contributed by atoms with Crippen molar-refractivity contribution in [1.29, 1.82) is 0 Å². The summed E-state index contributed by atoms with van der Waals surface area (Å²) in [6, 6.07) is 6.61. The zero-order chi connectivity index (χ0) is 14.0. The second kappa shape index (κ2) is 4.85. The number of halogens is 1. The molecule has 1 heterocycles. The number of nitrogens with two attached hydrogens (primary N) is 1. The molecule has 5 nitrogen and oxygen atoms in total. The minimum Gasteiger partial charge on any atom is -0.396 e. The van der Waals surface area contributed by atoms with Gasteiger partial charge in [0.25, 0.3) is 10.0 Å². The maximum atomic E-state index is 13.3. The third kappa shape index (κ3) is 3.00. The second-order valence-corrected chi connectivity index (χ2v) is 5.69. The quantitative estimate of drug-likeness (QED) is 0.842. The summed E-state index contributed by atoms with van der Waals surface area (Å²) in [5.74, 6) is -0.600. The van der Waals surface area contributed by atoms with E-state index in [1.807, 2.05) is 6.92 Å². The first-order chi connectivity index (χ1) is 8.88. The summed E-state index contributed by atoms with van der Waals surface area (Å²) >= 11 is 0. The molecule has 0 amide bonds. The zero-order valence-electron chi connectivity index (χ0n) is 10.1. The molecule has 1 aromatic heterocycles. The second-order valence-electron chi connectivity index (χ2n) is 4.01. The SMILES string of the molecule is Cc1ccnc(NS(=O)(=O)c2ccc(N)c(F)c2)c1. The van der Waals surface area contributed by atoms with Crippen molar-refractivity contribution in [1.82, 2.24) is 4.98 Å². The van der Waals surface area contributed by atoms with Crippen LogP contribution in [-0.4, -0.2) is 13.4 Å². The van der Waals surface area contributed by atoms with Crippen LogP contribution >= 0.6 is 0 Å². The van der Waals surface area contributed by atoms with Crippen LogP contribution in [0, 0.1) is 12.7 Å². The van der Waals surface area contributed by atoms with Gasteiger partial charge in [-0.25, -0.2) is 17.8 Å². The Morgan fingerprint density at radius 3 is 2.63 bits per heavy atom. The lowest BCUT2D eigenvalue weighted by Gasteiger charge is -2.08. The van der Waals surface area contributed by atoms with E-state index in [0.717, 1.165) is 11.6 Å². The van der Waals surface area contributed by atoms with E-state index >= 15 is 0 Å². The third-order valence-corrected chi connectivity index (χ3v) is 3.79. The summed E-state index contributed by atoms with van der Waals surface area (Å²) in [7, 11) is -3.88. The molecule has 3 N–H and O–H groups in total. The predicted molar refractivity (Wildman–Crippen MR) is 70.6 cm³/mol. The smallest absolute Gasteiger partial charge is 0.263 e. The minimum atomic E-state index is -3.88. The van der Waals surface area contributed by atoms with Gasteiger partial charge in [-0.3, -0.25) is 4.72 Å². The van der Waals surface area contributed by atoms with Crippen LogP contribution in [0.25, 0.3) is 0 Å². The summed E-state index contributed by atoms with van der Waals surface area (Å²) in [5, 5.41) is 0. The largest absolute Gasteiger partial charge is 0.396 e. The van der Waals surface area contributed by atoms with E-state index in [0.29, 0.717) is 0 Å². The summed E-state index contributed by atoms with van der Waals surface area (Å²) in [6.07, 6.45) is 1.48. The molecule has 0 unspecified atom stereocenters. The molecule has 0 radical (unpaired) electrons. The van der Waals surface area contributed by atoms with Gasteiger partial charge in [0, 0.05) is 6.20 Å². The van der Waals surface area contributed by atoms with Crippen molar-refractivity contribution in [3.8, 4) is 0 Å². The van der Waals surface area contributed by atoms with Crippen molar-refractivity contribution in [3.05, 3.63) is 47.9 Å². The Labute approximate surface area is 110 Å². The molecule has 1 aromatic carbocycles. The fourth-order valence-electron chi connectivity index (χ4n) is 1.46. The molecule has 0 aliphatic heterocycles. The Balaban J connectivity index is 2.35. The number of nitrogen functional groups attached to an aromatic ring is 1. The molecule has 0 spiro atoms. The van der Waals surface area contributed by atoms with Gasteiger partial charge in [0.05, 0.1) is 10.6 Å². The van der Waals surface area contributed by atoms with Crippen molar-refractivity contribution in [2.45, 2.75) is 11.8 Å². The number of pyridine rings is 1. The van der Waals surface area contributed by atoms with Crippen molar-refractivity contribution in [3.63, 3.8) is 0 Å². The van der Waals surface area contributed by atoms with Crippen molar-refractivity contribution in [2.75, 3.05) is 10.5 Å². The molecule has 0 aliphatic rings. The molecule has 2 aromatic rings. The van der Waals surface area contributed by atoms with Crippen molar-refractivity contribution >= 4 is 21.5 Å². The Hall–Kier alpha value is -2.15.